The van der Waals surface area contributed by atoms with E-state index in [1.165, 1.54) is 11.8 Å². The third-order valence-electron chi connectivity index (χ3n) is 4.50. The molecular formula is C23H23NO3S2. The maximum Gasteiger partial charge on any atom is 0.266 e. The molecule has 0 aliphatic carbocycles. The van der Waals surface area contributed by atoms with E-state index in [1.807, 2.05) is 61.5 Å². The smallest absolute Gasteiger partial charge is 0.266 e. The van der Waals surface area contributed by atoms with Crippen LogP contribution in [-0.4, -0.2) is 35.9 Å². The number of carbonyl (C=O) groups is 1. The van der Waals surface area contributed by atoms with Crippen LogP contribution in [0.4, 0.5) is 0 Å². The number of benzene rings is 2. The summed E-state index contributed by atoms with van der Waals surface area (Å²) in [5, 5.41) is 0. The average molecular weight is 426 g/mol. The molecule has 1 aliphatic heterocycles. The van der Waals surface area contributed by atoms with E-state index >= 15 is 0 Å². The highest BCUT2D eigenvalue weighted by atomic mass is 32.2. The van der Waals surface area contributed by atoms with Gasteiger partial charge in [-0.15, -0.1) is 0 Å². The predicted octanol–water partition coefficient (Wildman–Crippen LogP) is 5.09. The summed E-state index contributed by atoms with van der Waals surface area (Å²) in [6.07, 6.45) is 4.64. The minimum absolute atomic E-state index is 0.0405. The lowest BCUT2D eigenvalue weighted by Crippen LogP contribution is -2.30. The fraction of sp³-hybridized carbons (Fsp3) is 0.217. The van der Waals surface area contributed by atoms with Crippen LogP contribution in [0.15, 0.2) is 65.1 Å². The molecule has 0 unspecified atom stereocenters. The van der Waals surface area contributed by atoms with Gasteiger partial charge < -0.3 is 9.47 Å². The number of carbonyl (C=O) groups excluding carboxylic acids is 1. The highest BCUT2D eigenvalue weighted by Gasteiger charge is 2.31. The standard InChI is InChI=1S/C23H23NO3S2/c1-16(13-17-7-5-4-6-8-17)14-21-22(25)24(23(28)29-21)12-11-18-9-10-19(26-2)20(15-18)27-3/h4-10,13-15H,11-12H2,1-3H3. The second-order valence-electron chi connectivity index (χ2n) is 6.57. The number of hydrogen-bond acceptors (Lipinski definition) is 5. The quantitative estimate of drug-likeness (QED) is 0.456. The average Bonchev–Trinajstić information content (AvgIpc) is 2.99. The third kappa shape index (κ3) is 5.28. The minimum atomic E-state index is -0.0405. The fourth-order valence-electron chi connectivity index (χ4n) is 3.03. The lowest BCUT2D eigenvalue weighted by atomic mass is 10.1. The number of allylic oxidation sites excluding steroid dienone is 2. The molecule has 1 amide bonds. The van der Waals surface area contributed by atoms with Crippen LogP contribution in [0.25, 0.3) is 6.08 Å². The van der Waals surface area contributed by atoms with Gasteiger partial charge in [0.2, 0.25) is 0 Å². The Morgan fingerprint density at radius 1 is 1.10 bits per heavy atom. The molecule has 1 heterocycles. The summed E-state index contributed by atoms with van der Waals surface area (Å²) >= 11 is 6.80. The molecule has 29 heavy (non-hydrogen) atoms. The van der Waals surface area contributed by atoms with Crippen LogP contribution < -0.4 is 9.47 Å². The Hall–Kier alpha value is -2.57. The largest absolute Gasteiger partial charge is 0.493 e. The van der Waals surface area contributed by atoms with E-state index in [-0.39, 0.29) is 5.91 Å². The van der Waals surface area contributed by atoms with Crippen LogP contribution in [0.1, 0.15) is 18.1 Å². The van der Waals surface area contributed by atoms with Gasteiger partial charge in [0.05, 0.1) is 19.1 Å². The SMILES string of the molecule is COc1ccc(CCN2C(=O)C(=CC(C)=Cc3ccccc3)SC2=S)cc1OC. The van der Waals surface area contributed by atoms with Gasteiger partial charge in [-0.3, -0.25) is 9.69 Å². The maximum atomic E-state index is 12.8. The topological polar surface area (TPSA) is 38.8 Å². The molecule has 0 atom stereocenters. The number of hydrogen-bond donors (Lipinski definition) is 0. The van der Waals surface area contributed by atoms with Crippen LogP contribution >= 0.6 is 24.0 Å². The number of rotatable bonds is 7. The maximum absolute atomic E-state index is 12.8. The fourth-order valence-corrected chi connectivity index (χ4v) is 4.39. The number of methoxy groups -OCH3 is 2. The van der Waals surface area contributed by atoms with Gasteiger partial charge in [-0.05, 0) is 48.3 Å². The molecule has 0 spiro atoms. The lowest BCUT2D eigenvalue weighted by molar-refractivity contribution is -0.122. The molecule has 0 saturated carbocycles. The predicted molar refractivity (Wildman–Crippen MR) is 123 cm³/mol. The van der Waals surface area contributed by atoms with Crippen molar-refractivity contribution in [2.45, 2.75) is 13.3 Å². The molecule has 0 radical (unpaired) electrons. The highest BCUT2D eigenvalue weighted by molar-refractivity contribution is 8.26. The number of ether oxygens (including phenoxy) is 2. The van der Waals surface area contributed by atoms with Crippen molar-refractivity contribution in [2.24, 2.45) is 0 Å². The molecule has 150 valence electrons. The third-order valence-corrected chi connectivity index (χ3v) is 5.88. The molecule has 0 aromatic heterocycles. The number of thioether (sulfide) groups is 1. The Bertz CT molecular complexity index is 967. The van der Waals surface area contributed by atoms with E-state index in [4.69, 9.17) is 21.7 Å². The summed E-state index contributed by atoms with van der Waals surface area (Å²) in [4.78, 5) is 15.2. The van der Waals surface area contributed by atoms with E-state index < -0.39 is 0 Å². The summed E-state index contributed by atoms with van der Waals surface area (Å²) in [5.74, 6) is 1.32. The van der Waals surface area contributed by atoms with Crippen molar-refractivity contribution >= 4 is 40.3 Å². The number of thiocarbonyl (C=S) groups is 1. The van der Waals surface area contributed by atoms with Gasteiger partial charge >= 0.3 is 0 Å². The van der Waals surface area contributed by atoms with Crippen LogP contribution in [-0.2, 0) is 11.2 Å². The Balaban J connectivity index is 1.68. The zero-order valence-corrected chi connectivity index (χ0v) is 18.3. The van der Waals surface area contributed by atoms with Crippen molar-refractivity contribution < 1.29 is 14.3 Å². The summed E-state index contributed by atoms with van der Waals surface area (Å²) in [6, 6.07) is 15.8. The van der Waals surface area contributed by atoms with Crippen molar-refractivity contribution in [1.29, 1.82) is 0 Å². The highest BCUT2D eigenvalue weighted by Crippen LogP contribution is 2.33. The molecule has 0 N–H and O–H groups in total. The second-order valence-corrected chi connectivity index (χ2v) is 8.25. The molecular weight excluding hydrogens is 402 g/mol. The first-order valence-electron chi connectivity index (χ1n) is 9.21. The van der Waals surface area contributed by atoms with Gasteiger partial charge in [0.15, 0.2) is 11.5 Å². The lowest BCUT2D eigenvalue weighted by Gasteiger charge is -2.15. The van der Waals surface area contributed by atoms with Crippen molar-refractivity contribution in [3.8, 4) is 11.5 Å². The van der Waals surface area contributed by atoms with E-state index in [0.29, 0.717) is 33.7 Å². The van der Waals surface area contributed by atoms with E-state index in [1.54, 1.807) is 19.1 Å². The van der Waals surface area contributed by atoms with E-state index in [2.05, 4.69) is 6.08 Å². The number of nitrogens with zero attached hydrogens (tertiary/aromatic N) is 1. The van der Waals surface area contributed by atoms with Gasteiger partial charge in [-0.1, -0.05) is 66.5 Å². The molecule has 3 rings (SSSR count). The van der Waals surface area contributed by atoms with Crippen molar-refractivity contribution in [3.63, 3.8) is 0 Å². The zero-order valence-electron chi connectivity index (χ0n) is 16.7. The Morgan fingerprint density at radius 2 is 1.83 bits per heavy atom. The Kier molecular flexibility index (Phi) is 7.12. The molecule has 1 fully saturated rings. The van der Waals surface area contributed by atoms with Crippen molar-refractivity contribution in [3.05, 3.63) is 76.2 Å². The minimum Gasteiger partial charge on any atom is -0.493 e. The van der Waals surface area contributed by atoms with Gasteiger partial charge in [-0.25, -0.2) is 0 Å². The van der Waals surface area contributed by atoms with Gasteiger partial charge in [0.1, 0.15) is 4.32 Å². The van der Waals surface area contributed by atoms with Crippen molar-refractivity contribution in [2.75, 3.05) is 20.8 Å². The summed E-state index contributed by atoms with van der Waals surface area (Å²) in [6.45, 7) is 2.52. The number of amides is 1. The normalized spacial score (nSPS) is 15.9. The first-order chi connectivity index (χ1) is 14.0. The van der Waals surface area contributed by atoms with Gasteiger partial charge in [-0.2, -0.15) is 0 Å². The van der Waals surface area contributed by atoms with E-state index in [9.17, 15) is 4.79 Å². The van der Waals surface area contributed by atoms with E-state index in [0.717, 1.165) is 16.7 Å². The zero-order chi connectivity index (χ0) is 20.8. The summed E-state index contributed by atoms with van der Waals surface area (Å²) in [5.41, 5.74) is 3.17. The first-order valence-corrected chi connectivity index (χ1v) is 10.4. The molecule has 1 aliphatic rings. The van der Waals surface area contributed by atoms with Crippen LogP contribution in [0.3, 0.4) is 0 Å². The van der Waals surface area contributed by atoms with Crippen molar-refractivity contribution in [1.82, 2.24) is 4.90 Å². The first kappa shape index (κ1) is 21.1. The van der Waals surface area contributed by atoms with Gasteiger partial charge in [0, 0.05) is 6.54 Å². The summed E-state index contributed by atoms with van der Waals surface area (Å²) < 4.78 is 11.2. The van der Waals surface area contributed by atoms with Crippen LogP contribution in [0, 0.1) is 0 Å². The second kappa shape index (κ2) is 9.76. The van der Waals surface area contributed by atoms with Crippen LogP contribution in [0.2, 0.25) is 0 Å². The summed E-state index contributed by atoms with van der Waals surface area (Å²) in [7, 11) is 3.22. The molecule has 2 aromatic rings. The molecule has 2 aromatic carbocycles. The van der Waals surface area contributed by atoms with Crippen LogP contribution in [0.5, 0.6) is 11.5 Å². The van der Waals surface area contributed by atoms with Gasteiger partial charge in [0.25, 0.3) is 5.91 Å². The monoisotopic (exact) mass is 425 g/mol. The Labute approximate surface area is 181 Å². The molecule has 4 nitrogen and oxygen atoms in total. The Morgan fingerprint density at radius 3 is 2.52 bits per heavy atom. The molecule has 0 bridgehead atoms. The molecule has 6 heteroatoms. The molecule has 1 saturated heterocycles.